The summed E-state index contributed by atoms with van der Waals surface area (Å²) in [4.78, 5) is 0. The van der Waals surface area contributed by atoms with Crippen LogP contribution in [0.5, 0.6) is 0 Å². The van der Waals surface area contributed by atoms with Crippen LogP contribution < -0.4 is 0 Å². The Balaban J connectivity index is 2.23. The summed E-state index contributed by atoms with van der Waals surface area (Å²) in [7, 11) is 0. The van der Waals surface area contributed by atoms with E-state index in [2.05, 4.69) is 25.3 Å². The molecule has 48 valence electrons. The molecule has 1 rings (SSSR count). The molecule has 1 aliphatic heterocycles. The summed E-state index contributed by atoms with van der Waals surface area (Å²) in [6, 6.07) is 0. The first-order valence-electron chi connectivity index (χ1n) is 2.38. The van der Waals surface area contributed by atoms with Crippen molar-refractivity contribution >= 4 is 52.0 Å². The third-order valence-corrected chi connectivity index (χ3v) is 7.07. The van der Waals surface area contributed by atoms with Gasteiger partial charge in [0.05, 0.1) is 0 Å². The molecule has 1 fully saturated rings. The summed E-state index contributed by atoms with van der Waals surface area (Å²) in [5.74, 6) is 2.47. The standard InChI is InChI=1S/C4H8S3Se/c5-3-1-7-2-4(6)8-3/h3-6H,1-2H2. The predicted molar refractivity (Wildman–Crippen MR) is 48.6 cm³/mol. The van der Waals surface area contributed by atoms with Crippen molar-refractivity contribution in [1.82, 2.24) is 0 Å². The number of thioether (sulfide) groups is 1. The molecule has 0 spiro atoms. The van der Waals surface area contributed by atoms with Crippen molar-refractivity contribution in [3.05, 3.63) is 0 Å². The second-order valence-electron chi connectivity index (χ2n) is 1.58. The van der Waals surface area contributed by atoms with Crippen LogP contribution in [0.4, 0.5) is 0 Å². The number of hydrogen-bond acceptors (Lipinski definition) is 3. The first-order chi connectivity index (χ1) is 3.79. The zero-order valence-corrected chi connectivity index (χ0v) is 8.60. The first-order valence-corrected chi connectivity index (χ1v) is 6.55. The van der Waals surface area contributed by atoms with Crippen molar-refractivity contribution in [2.24, 2.45) is 0 Å². The average molecular weight is 231 g/mol. The van der Waals surface area contributed by atoms with Crippen molar-refractivity contribution < 1.29 is 0 Å². The van der Waals surface area contributed by atoms with Crippen molar-refractivity contribution in [3.8, 4) is 0 Å². The second kappa shape index (κ2) is 3.67. The van der Waals surface area contributed by atoms with E-state index in [0.29, 0.717) is 23.3 Å². The Kier molecular flexibility index (Phi) is 3.52. The molecule has 0 nitrogen and oxygen atoms in total. The van der Waals surface area contributed by atoms with E-state index in [1.54, 1.807) is 0 Å². The molecule has 0 amide bonds. The fourth-order valence-corrected chi connectivity index (χ4v) is 6.85. The van der Waals surface area contributed by atoms with Crippen molar-refractivity contribution in [1.29, 1.82) is 0 Å². The Morgan fingerprint density at radius 2 is 1.75 bits per heavy atom. The van der Waals surface area contributed by atoms with Gasteiger partial charge in [-0.2, -0.15) is 0 Å². The van der Waals surface area contributed by atoms with Crippen LogP contribution in [-0.4, -0.2) is 34.8 Å². The average Bonchev–Trinajstić information content (AvgIpc) is 1.64. The topological polar surface area (TPSA) is 0 Å². The van der Waals surface area contributed by atoms with Gasteiger partial charge in [-0.3, -0.25) is 0 Å². The Bertz CT molecular complexity index is 69.7. The first kappa shape index (κ1) is 7.67. The maximum atomic E-state index is 4.38. The zero-order chi connectivity index (χ0) is 5.98. The fourth-order valence-electron chi connectivity index (χ4n) is 0.530. The molecule has 2 unspecified atom stereocenters. The molecule has 0 saturated carbocycles. The second-order valence-corrected chi connectivity index (χ2v) is 8.43. The minimum absolute atomic E-state index is 0.656. The zero-order valence-electron chi connectivity index (χ0n) is 4.28. The molecule has 1 heterocycles. The quantitative estimate of drug-likeness (QED) is 0.462. The van der Waals surface area contributed by atoms with E-state index < -0.39 is 0 Å². The summed E-state index contributed by atoms with van der Waals surface area (Å²) in [6.45, 7) is 0. The monoisotopic (exact) mass is 232 g/mol. The minimum atomic E-state index is 0.656. The molecular formula is C4H8S3Se. The molecule has 2 atom stereocenters. The molecule has 0 aromatic heterocycles. The van der Waals surface area contributed by atoms with Gasteiger partial charge < -0.3 is 0 Å². The van der Waals surface area contributed by atoms with E-state index in [1.807, 2.05) is 11.8 Å². The van der Waals surface area contributed by atoms with Gasteiger partial charge in [0.25, 0.3) is 0 Å². The van der Waals surface area contributed by atoms with Gasteiger partial charge in [-0.25, -0.2) is 0 Å². The molecule has 0 N–H and O–H groups in total. The van der Waals surface area contributed by atoms with E-state index in [1.165, 1.54) is 11.5 Å². The third-order valence-electron chi connectivity index (χ3n) is 0.835. The SMILES string of the molecule is SC1CSCC(S)[Se]1. The third kappa shape index (κ3) is 2.44. The van der Waals surface area contributed by atoms with Crippen molar-refractivity contribution in [3.63, 3.8) is 0 Å². The van der Waals surface area contributed by atoms with Crippen LogP contribution in [0.2, 0.25) is 0 Å². The van der Waals surface area contributed by atoms with Crippen LogP contribution in [0.1, 0.15) is 0 Å². The van der Waals surface area contributed by atoms with E-state index >= 15 is 0 Å². The van der Waals surface area contributed by atoms with Gasteiger partial charge in [0.1, 0.15) is 0 Å². The normalized spacial score (nSPS) is 39.8. The van der Waals surface area contributed by atoms with Crippen LogP contribution in [0.15, 0.2) is 0 Å². The fraction of sp³-hybridized carbons (Fsp3) is 1.00. The molecule has 1 aliphatic rings. The van der Waals surface area contributed by atoms with Gasteiger partial charge >= 0.3 is 71.8 Å². The van der Waals surface area contributed by atoms with Gasteiger partial charge in [0, 0.05) is 0 Å². The summed E-state index contributed by atoms with van der Waals surface area (Å²) >= 11 is 11.4. The van der Waals surface area contributed by atoms with Crippen LogP contribution in [0.3, 0.4) is 0 Å². The van der Waals surface area contributed by atoms with E-state index in [9.17, 15) is 0 Å². The number of rotatable bonds is 0. The summed E-state index contributed by atoms with van der Waals surface area (Å²) in [5, 5.41) is 0. The molecule has 4 heteroatoms. The van der Waals surface area contributed by atoms with E-state index in [0.717, 1.165) is 0 Å². The summed E-state index contributed by atoms with van der Waals surface area (Å²) in [6.07, 6.45) is 0. The molecule has 0 aromatic carbocycles. The maximum absolute atomic E-state index is 4.38. The molecule has 8 heavy (non-hydrogen) atoms. The molecule has 0 aliphatic carbocycles. The van der Waals surface area contributed by atoms with E-state index in [-0.39, 0.29) is 0 Å². The Morgan fingerprint density at radius 3 is 2.00 bits per heavy atom. The Morgan fingerprint density at radius 1 is 1.25 bits per heavy atom. The Hall–Kier alpha value is 1.57. The van der Waals surface area contributed by atoms with Crippen molar-refractivity contribution in [2.45, 2.75) is 8.30 Å². The number of hydrogen-bond donors (Lipinski definition) is 2. The van der Waals surface area contributed by atoms with Crippen molar-refractivity contribution in [2.75, 3.05) is 11.5 Å². The molecular weight excluding hydrogens is 223 g/mol. The van der Waals surface area contributed by atoms with E-state index in [4.69, 9.17) is 0 Å². The number of thiol groups is 2. The van der Waals surface area contributed by atoms with Crippen LogP contribution >= 0.6 is 37.0 Å². The van der Waals surface area contributed by atoms with Gasteiger partial charge in [-0.1, -0.05) is 0 Å². The molecule has 0 aromatic rings. The molecule has 0 radical (unpaired) electrons. The summed E-state index contributed by atoms with van der Waals surface area (Å²) in [5.41, 5.74) is 0. The molecule has 1 saturated heterocycles. The van der Waals surface area contributed by atoms with Crippen LogP contribution in [0.25, 0.3) is 0 Å². The van der Waals surface area contributed by atoms with Gasteiger partial charge in [-0.05, 0) is 0 Å². The summed E-state index contributed by atoms with van der Waals surface area (Å²) < 4.78 is 1.31. The molecule has 0 bridgehead atoms. The van der Waals surface area contributed by atoms with Crippen LogP contribution in [0, 0.1) is 0 Å². The van der Waals surface area contributed by atoms with Gasteiger partial charge in [0.15, 0.2) is 0 Å². The van der Waals surface area contributed by atoms with Gasteiger partial charge in [-0.15, -0.1) is 0 Å². The van der Waals surface area contributed by atoms with Crippen LogP contribution in [-0.2, 0) is 0 Å². The predicted octanol–water partition coefficient (Wildman–Crippen LogP) is 0.949. The van der Waals surface area contributed by atoms with Gasteiger partial charge in [0.2, 0.25) is 0 Å². The Labute approximate surface area is 71.5 Å².